The van der Waals surface area contributed by atoms with Crippen LogP contribution in [0, 0.1) is 0 Å². The van der Waals surface area contributed by atoms with Crippen LogP contribution < -0.4 is 10.5 Å². The van der Waals surface area contributed by atoms with Crippen molar-refractivity contribution < 1.29 is 22.7 Å². The Morgan fingerprint density at radius 1 is 1.26 bits per heavy atom. The summed E-state index contributed by atoms with van der Waals surface area (Å²) in [6.45, 7) is 0. The zero-order valence-corrected chi connectivity index (χ0v) is 12.2. The Balaban J connectivity index is 2.08. The average molecular weight is 338 g/mol. The molecule has 4 nitrogen and oxygen atoms in total. The molecule has 8 heteroatoms. The number of amides is 1. The highest BCUT2D eigenvalue weighted by atomic mass is 32.1. The highest BCUT2D eigenvalue weighted by Gasteiger charge is 2.31. The van der Waals surface area contributed by atoms with E-state index < -0.39 is 17.6 Å². The maximum absolute atomic E-state index is 12.8. The van der Waals surface area contributed by atoms with Gasteiger partial charge in [0.2, 0.25) is 0 Å². The smallest absolute Gasteiger partial charge is 0.416 e. The molecular formula is C15H9F3N2O2S. The quantitative estimate of drug-likeness (QED) is 0.778. The Morgan fingerprint density at radius 2 is 2.04 bits per heavy atom. The molecule has 0 aliphatic rings. The van der Waals surface area contributed by atoms with E-state index >= 15 is 0 Å². The van der Waals surface area contributed by atoms with Crippen molar-refractivity contribution >= 4 is 27.3 Å². The number of nitrogens with two attached hydrogens (primary N) is 1. The summed E-state index contributed by atoms with van der Waals surface area (Å²) in [5, 5.41) is 0.566. The number of hydrogen-bond acceptors (Lipinski definition) is 4. The number of primary amides is 1. The van der Waals surface area contributed by atoms with E-state index in [-0.39, 0.29) is 16.4 Å². The number of ether oxygens (including phenoxy) is 1. The molecule has 0 atom stereocenters. The summed E-state index contributed by atoms with van der Waals surface area (Å²) >= 11 is 1.08. The van der Waals surface area contributed by atoms with Gasteiger partial charge in [-0.25, -0.2) is 0 Å². The number of thiophene rings is 1. The standard InChI is InChI=1S/C15H9F3N2O2S/c16-15(17,18)8-2-1-3-9(6-8)22-12-10-4-5-20-7-11(10)23-13(12)14(19)21/h1-7H,(H2,19,21). The molecule has 0 saturated heterocycles. The van der Waals surface area contributed by atoms with Gasteiger partial charge in [-0.3, -0.25) is 9.78 Å². The van der Waals surface area contributed by atoms with Gasteiger partial charge in [0.05, 0.1) is 10.3 Å². The summed E-state index contributed by atoms with van der Waals surface area (Å²) in [7, 11) is 0. The fourth-order valence-electron chi connectivity index (χ4n) is 2.04. The van der Waals surface area contributed by atoms with E-state index in [4.69, 9.17) is 10.5 Å². The van der Waals surface area contributed by atoms with Crippen molar-refractivity contribution in [3.05, 3.63) is 53.2 Å². The van der Waals surface area contributed by atoms with Gasteiger partial charge in [-0.2, -0.15) is 13.2 Å². The number of carbonyl (C=O) groups excluding carboxylic acids is 1. The topological polar surface area (TPSA) is 65.2 Å². The molecule has 118 valence electrons. The number of fused-ring (bicyclic) bond motifs is 1. The van der Waals surface area contributed by atoms with Gasteiger partial charge in [0.1, 0.15) is 10.6 Å². The fourth-order valence-corrected chi connectivity index (χ4v) is 2.99. The lowest BCUT2D eigenvalue weighted by atomic mass is 10.2. The molecule has 0 bridgehead atoms. The number of pyridine rings is 1. The first-order chi connectivity index (χ1) is 10.9. The molecule has 0 saturated carbocycles. The number of hydrogen-bond donors (Lipinski definition) is 1. The average Bonchev–Trinajstić information content (AvgIpc) is 2.86. The molecule has 0 unspecified atom stereocenters. The summed E-state index contributed by atoms with van der Waals surface area (Å²) in [6.07, 6.45) is -1.45. The van der Waals surface area contributed by atoms with Crippen molar-refractivity contribution in [2.24, 2.45) is 5.73 Å². The second-order valence-electron chi connectivity index (χ2n) is 4.62. The molecule has 2 aromatic heterocycles. The van der Waals surface area contributed by atoms with E-state index in [9.17, 15) is 18.0 Å². The lowest BCUT2D eigenvalue weighted by Gasteiger charge is -2.10. The number of alkyl halides is 3. The van der Waals surface area contributed by atoms with Crippen molar-refractivity contribution in [3.63, 3.8) is 0 Å². The predicted molar refractivity (Wildman–Crippen MR) is 79.7 cm³/mol. The molecule has 2 N–H and O–H groups in total. The van der Waals surface area contributed by atoms with E-state index in [1.54, 1.807) is 6.07 Å². The van der Waals surface area contributed by atoms with Gasteiger partial charge in [0, 0.05) is 17.8 Å². The van der Waals surface area contributed by atoms with E-state index in [2.05, 4.69) is 4.98 Å². The predicted octanol–water partition coefficient (Wildman–Crippen LogP) is 4.21. The molecule has 23 heavy (non-hydrogen) atoms. The van der Waals surface area contributed by atoms with E-state index in [0.717, 1.165) is 23.5 Å². The van der Waals surface area contributed by atoms with Crippen molar-refractivity contribution in [1.82, 2.24) is 4.98 Å². The van der Waals surface area contributed by atoms with Gasteiger partial charge in [-0.1, -0.05) is 6.07 Å². The van der Waals surface area contributed by atoms with Gasteiger partial charge < -0.3 is 10.5 Å². The first kappa shape index (κ1) is 15.3. The van der Waals surface area contributed by atoms with Crippen LogP contribution in [0.3, 0.4) is 0 Å². The summed E-state index contributed by atoms with van der Waals surface area (Å²) in [6, 6.07) is 6.04. The molecule has 3 rings (SSSR count). The van der Waals surface area contributed by atoms with Crippen LogP contribution in [0.1, 0.15) is 15.2 Å². The second-order valence-corrected chi connectivity index (χ2v) is 5.68. The van der Waals surface area contributed by atoms with Crippen molar-refractivity contribution in [3.8, 4) is 11.5 Å². The minimum Gasteiger partial charge on any atom is -0.455 e. The van der Waals surface area contributed by atoms with Crippen LogP contribution in [0.25, 0.3) is 10.1 Å². The third kappa shape index (κ3) is 2.98. The van der Waals surface area contributed by atoms with Crippen molar-refractivity contribution in [2.75, 3.05) is 0 Å². The number of rotatable bonds is 3. The Morgan fingerprint density at radius 3 is 2.74 bits per heavy atom. The molecule has 0 fully saturated rings. The van der Waals surface area contributed by atoms with Crippen LogP contribution >= 0.6 is 11.3 Å². The van der Waals surface area contributed by atoms with Crippen LogP contribution in [-0.2, 0) is 6.18 Å². The second kappa shape index (κ2) is 5.54. The Kier molecular flexibility index (Phi) is 3.69. The van der Waals surface area contributed by atoms with Gasteiger partial charge in [-0.15, -0.1) is 11.3 Å². The molecule has 1 aromatic carbocycles. The third-order valence-corrected chi connectivity index (χ3v) is 4.19. The summed E-state index contributed by atoms with van der Waals surface area (Å²) in [5.41, 5.74) is 4.49. The number of halogens is 3. The van der Waals surface area contributed by atoms with Gasteiger partial charge in [-0.05, 0) is 24.3 Å². The van der Waals surface area contributed by atoms with Crippen LogP contribution in [-0.4, -0.2) is 10.9 Å². The normalized spacial score (nSPS) is 11.6. The van der Waals surface area contributed by atoms with Gasteiger partial charge >= 0.3 is 6.18 Å². The van der Waals surface area contributed by atoms with Crippen molar-refractivity contribution in [1.29, 1.82) is 0 Å². The minimum absolute atomic E-state index is 0.0289. The molecule has 2 heterocycles. The lowest BCUT2D eigenvalue weighted by molar-refractivity contribution is -0.137. The van der Waals surface area contributed by atoms with Crippen LogP contribution in [0.2, 0.25) is 0 Å². The number of nitrogens with zero attached hydrogens (tertiary/aromatic N) is 1. The molecule has 0 aliphatic carbocycles. The van der Waals surface area contributed by atoms with Crippen molar-refractivity contribution in [2.45, 2.75) is 6.18 Å². The van der Waals surface area contributed by atoms with E-state index in [0.29, 0.717) is 10.1 Å². The molecular weight excluding hydrogens is 329 g/mol. The third-order valence-electron chi connectivity index (χ3n) is 3.05. The minimum atomic E-state index is -4.48. The summed E-state index contributed by atoms with van der Waals surface area (Å²) < 4.78 is 44.5. The Bertz CT molecular complexity index is 890. The van der Waals surface area contributed by atoms with E-state index in [1.165, 1.54) is 24.5 Å². The molecule has 0 spiro atoms. The number of benzene rings is 1. The first-order valence-electron chi connectivity index (χ1n) is 6.37. The first-order valence-corrected chi connectivity index (χ1v) is 7.19. The highest BCUT2D eigenvalue weighted by molar-refractivity contribution is 7.21. The zero-order valence-electron chi connectivity index (χ0n) is 11.4. The molecule has 1 amide bonds. The Hall–Kier alpha value is -2.61. The van der Waals surface area contributed by atoms with Crippen LogP contribution in [0.4, 0.5) is 13.2 Å². The van der Waals surface area contributed by atoms with Crippen LogP contribution in [0.5, 0.6) is 11.5 Å². The Labute approximate surface area is 132 Å². The number of carbonyl (C=O) groups is 1. The van der Waals surface area contributed by atoms with E-state index in [1.807, 2.05) is 0 Å². The lowest BCUT2D eigenvalue weighted by Crippen LogP contribution is -2.10. The molecule has 0 aliphatic heterocycles. The molecule has 3 aromatic rings. The molecule has 0 radical (unpaired) electrons. The summed E-state index contributed by atoms with van der Waals surface area (Å²) in [4.78, 5) is 15.6. The maximum Gasteiger partial charge on any atom is 0.416 e. The summed E-state index contributed by atoms with van der Waals surface area (Å²) in [5.74, 6) is -0.605. The SMILES string of the molecule is NC(=O)c1sc2cnccc2c1Oc1cccc(C(F)(F)F)c1. The highest BCUT2D eigenvalue weighted by Crippen LogP contribution is 2.40. The van der Waals surface area contributed by atoms with Gasteiger partial charge in [0.15, 0.2) is 5.75 Å². The van der Waals surface area contributed by atoms with Crippen LogP contribution in [0.15, 0.2) is 42.7 Å². The largest absolute Gasteiger partial charge is 0.455 e. The fraction of sp³-hybridized carbons (Fsp3) is 0.0667. The maximum atomic E-state index is 12.8. The zero-order chi connectivity index (χ0) is 16.6. The number of aromatic nitrogens is 1. The van der Waals surface area contributed by atoms with Gasteiger partial charge in [0.25, 0.3) is 5.91 Å². The monoisotopic (exact) mass is 338 g/mol.